The van der Waals surface area contributed by atoms with E-state index in [1.54, 1.807) is 18.9 Å². The van der Waals surface area contributed by atoms with Gasteiger partial charge in [-0.05, 0) is 70.8 Å². The standard InChI is InChI=1S/C24H17Br3OS/c1-28-24(19-6-12-22(27)13-7-19)15-18(16-2-8-20(25)9-3-16)14-23(29-24)17-4-10-21(26)11-5-17/h2-15H,1H3. The molecule has 0 saturated carbocycles. The molecule has 0 N–H and O–H groups in total. The van der Waals surface area contributed by atoms with Gasteiger partial charge >= 0.3 is 0 Å². The van der Waals surface area contributed by atoms with Gasteiger partial charge < -0.3 is 4.74 Å². The van der Waals surface area contributed by atoms with E-state index in [0.717, 1.165) is 30.1 Å². The number of allylic oxidation sites excluding steroid dienone is 2. The SMILES string of the molecule is COC1(c2ccc(Br)cc2)C=C(c2ccc(Br)cc2)C=C(c2ccc(Br)cc2)S1. The summed E-state index contributed by atoms with van der Waals surface area (Å²) < 4.78 is 9.35. The molecule has 0 fully saturated rings. The van der Waals surface area contributed by atoms with Crippen LogP contribution in [0.25, 0.3) is 10.5 Å². The van der Waals surface area contributed by atoms with Crippen LogP contribution in [0, 0.1) is 0 Å². The van der Waals surface area contributed by atoms with Crippen molar-refractivity contribution in [2.24, 2.45) is 0 Å². The highest BCUT2D eigenvalue weighted by molar-refractivity contribution is 9.11. The Labute approximate surface area is 200 Å². The Hall–Kier alpha value is -1.11. The molecule has 5 heteroatoms. The lowest BCUT2D eigenvalue weighted by Crippen LogP contribution is -2.24. The van der Waals surface area contributed by atoms with E-state index in [1.165, 1.54) is 10.5 Å². The maximum absolute atomic E-state index is 6.17. The van der Waals surface area contributed by atoms with Crippen molar-refractivity contribution in [3.63, 3.8) is 0 Å². The van der Waals surface area contributed by atoms with Crippen molar-refractivity contribution in [3.05, 3.63) is 115 Å². The van der Waals surface area contributed by atoms with Crippen molar-refractivity contribution in [3.8, 4) is 0 Å². The molecule has 1 aliphatic rings. The van der Waals surface area contributed by atoms with Crippen molar-refractivity contribution in [1.29, 1.82) is 0 Å². The maximum atomic E-state index is 6.17. The molecule has 1 unspecified atom stereocenters. The van der Waals surface area contributed by atoms with Gasteiger partial charge in [0.05, 0.1) is 0 Å². The van der Waals surface area contributed by atoms with Crippen molar-refractivity contribution >= 4 is 70.0 Å². The minimum atomic E-state index is -0.611. The number of benzene rings is 3. The number of halogens is 3. The molecule has 3 aromatic carbocycles. The summed E-state index contributed by atoms with van der Waals surface area (Å²) in [4.78, 5) is 0.558. The molecule has 0 amide bonds. The maximum Gasteiger partial charge on any atom is 0.162 e. The summed E-state index contributed by atoms with van der Waals surface area (Å²) in [6, 6.07) is 25.1. The summed E-state index contributed by atoms with van der Waals surface area (Å²) in [5, 5.41) is 0. The number of hydrogen-bond acceptors (Lipinski definition) is 2. The molecule has 0 bridgehead atoms. The van der Waals surface area contributed by atoms with E-state index in [-0.39, 0.29) is 0 Å². The summed E-state index contributed by atoms with van der Waals surface area (Å²) in [5.41, 5.74) is 4.56. The average molecular weight is 593 g/mol. The fraction of sp³-hybridized carbons (Fsp3) is 0.0833. The lowest BCUT2D eigenvalue weighted by atomic mass is 9.98. The highest BCUT2D eigenvalue weighted by Crippen LogP contribution is 2.52. The fourth-order valence-corrected chi connectivity index (χ4v) is 5.30. The van der Waals surface area contributed by atoms with E-state index in [0.29, 0.717) is 0 Å². The molecule has 0 aliphatic carbocycles. The first-order valence-electron chi connectivity index (χ1n) is 8.96. The summed E-state index contributed by atoms with van der Waals surface area (Å²) in [5.74, 6) is 0. The van der Waals surface area contributed by atoms with Crippen LogP contribution in [0.5, 0.6) is 0 Å². The first-order valence-corrected chi connectivity index (χ1v) is 12.2. The largest absolute Gasteiger partial charge is 0.359 e. The molecule has 0 spiro atoms. The molecule has 0 saturated heterocycles. The Morgan fingerprint density at radius 3 is 1.69 bits per heavy atom. The van der Waals surface area contributed by atoms with Crippen molar-refractivity contribution < 1.29 is 4.74 Å². The zero-order valence-electron chi connectivity index (χ0n) is 15.5. The molecule has 1 heterocycles. The minimum Gasteiger partial charge on any atom is -0.359 e. The molecule has 1 aliphatic heterocycles. The van der Waals surface area contributed by atoms with Crippen molar-refractivity contribution in [2.75, 3.05) is 7.11 Å². The van der Waals surface area contributed by atoms with E-state index >= 15 is 0 Å². The van der Waals surface area contributed by atoms with Crippen molar-refractivity contribution in [2.45, 2.75) is 4.93 Å². The number of rotatable bonds is 4. The van der Waals surface area contributed by atoms with Gasteiger partial charge in [0.1, 0.15) is 0 Å². The Balaban J connectivity index is 1.87. The predicted octanol–water partition coefficient (Wildman–Crippen LogP) is 8.64. The topological polar surface area (TPSA) is 9.23 Å². The van der Waals surface area contributed by atoms with Gasteiger partial charge in [-0.15, -0.1) is 0 Å². The van der Waals surface area contributed by atoms with Gasteiger partial charge in [0.15, 0.2) is 4.93 Å². The van der Waals surface area contributed by atoms with Crippen LogP contribution < -0.4 is 0 Å². The number of thioether (sulfide) groups is 1. The molecule has 0 aromatic heterocycles. The van der Waals surface area contributed by atoms with Crippen LogP contribution in [0.2, 0.25) is 0 Å². The van der Waals surface area contributed by atoms with Crippen LogP contribution in [0.1, 0.15) is 16.7 Å². The van der Waals surface area contributed by atoms with E-state index in [1.807, 2.05) is 0 Å². The first-order chi connectivity index (χ1) is 14.0. The van der Waals surface area contributed by atoms with Gasteiger partial charge in [-0.2, -0.15) is 0 Å². The van der Waals surface area contributed by atoms with Crippen LogP contribution in [0.3, 0.4) is 0 Å². The second kappa shape index (κ2) is 8.94. The van der Waals surface area contributed by atoms with E-state index in [4.69, 9.17) is 4.74 Å². The molecule has 0 radical (unpaired) electrons. The molecule has 3 aromatic rings. The smallest absolute Gasteiger partial charge is 0.162 e. The Kier molecular flexibility index (Phi) is 6.52. The van der Waals surface area contributed by atoms with E-state index in [2.05, 4.69) is 133 Å². The Morgan fingerprint density at radius 1 is 0.690 bits per heavy atom. The van der Waals surface area contributed by atoms with Gasteiger partial charge in [0, 0.05) is 25.4 Å². The van der Waals surface area contributed by atoms with Gasteiger partial charge in [-0.1, -0.05) is 95.9 Å². The molecular weight excluding hydrogens is 576 g/mol. The molecular formula is C24H17Br3OS. The number of methoxy groups -OCH3 is 1. The zero-order valence-corrected chi connectivity index (χ0v) is 21.1. The monoisotopic (exact) mass is 590 g/mol. The van der Waals surface area contributed by atoms with Crippen LogP contribution in [0.4, 0.5) is 0 Å². The zero-order chi connectivity index (χ0) is 20.4. The van der Waals surface area contributed by atoms with Crippen LogP contribution in [-0.2, 0) is 9.67 Å². The summed E-state index contributed by atoms with van der Waals surface area (Å²) in [6.07, 6.45) is 4.46. The minimum absolute atomic E-state index is 0.611. The third-order valence-electron chi connectivity index (χ3n) is 4.75. The van der Waals surface area contributed by atoms with Gasteiger partial charge in [-0.3, -0.25) is 0 Å². The Bertz CT molecular complexity index is 1070. The fourth-order valence-electron chi connectivity index (χ4n) is 3.22. The molecule has 146 valence electrons. The molecule has 1 atom stereocenters. The lowest BCUT2D eigenvalue weighted by molar-refractivity contribution is 0.112. The second-order valence-electron chi connectivity index (χ2n) is 6.60. The average Bonchev–Trinajstić information content (AvgIpc) is 2.75. The molecule has 4 rings (SSSR count). The lowest BCUT2D eigenvalue weighted by Gasteiger charge is -2.34. The first kappa shape index (κ1) is 21.1. The molecule has 29 heavy (non-hydrogen) atoms. The Morgan fingerprint density at radius 2 is 1.17 bits per heavy atom. The summed E-state index contributed by atoms with van der Waals surface area (Å²) in [6.45, 7) is 0. The van der Waals surface area contributed by atoms with Gasteiger partial charge in [-0.25, -0.2) is 0 Å². The van der Waals surface area contributed by atoms with Crippen LogP contribution in [-0.4, -0.2) is 7.11 Å². The number of hydrogen-bond donors (Lipinski definition) is 0. The highest BCUT2D eigenvalue weighted by Gasteiger charge is 2.35. The van der Waals surface area contributed by atoms with E-state index in [9.17, 15) is 0 Å². The quantitative estimate of drug-likeness (QED) is 0.300. The summed E-state index contributed by atoms with van der Waals surface area (Å²) in [7, 11) is 1.77. The third-order valence-corrected chi connectivity index (χ3v) is 7.73. The molecule has 1 nitrogen and oxygen atoms in total. The predicted molar refractivity (Wildman–Crippen MR) is 135 cm³/mol. The third kappa shape index (κ3) is 4.64. The van der Waals surface area contributed by atoms with Gasteiger partial charge in [0.2, 0.25) is 0 Å². The van der Waals surface area contributed by atoms with Gasteiger partial charge in [0.25, 0.3) is 0 Å². The highest BCUT2D eigenvalue weighted by atomic mass is 79.9. The van der Waals surface area contributed by atoms with Crippen LogP contribution in [0.15, 0.2) is 98.4 Å². The van der Waals surface area contributed by atoms with Crippen LogP contribution >= 0.6 is 59.6 Å². The van der Waals surface area contributed by atoms with E-state index < -0.39 is 4.93 Å². The second-order valence-corrected chi connectivity index (χ2v) is 10.6. The van der Waals surface area contributed by atoms with Crippen molar-refractivity contribution in [1.82, 2.24) is 0 Å². The summed E-state index contributed by atoms with van der Waals surface area (Å²) >= 11 is 12.3. The number of ether oxygens (including phenoxy) is 1. The normalized spacial score (nSPS) is 18.9.